The van der Waals surface area contributed by atoms with Crippen LogP contribution in [0.15, 0.2) is 127 Å². The Morgan fingerprint density at radius 1 is 0.531 bits per heavy atom. The third-order valence-electron chi connectivity index (χ3n) is 6.09. The van der Waals surface area contributed by atoms with Gasteiger partial charge in [0.2, 0.25) is 0 Å². The second-order valence-electron chi connectivity index (χ2n) is 8.12. The summed E-state index contributed by atoms with van der Waals surface area (Å²) in [6.07, 6.45) is 1.01. The first kappa shape index (κ1) is 22.5. The topological polar surface area (TPSA) is 0 Å². The summed E-state index contributed by atoms with van der Waals surface area (Å²) in [5, 5.41) is 6.97. The maximum absolute atomic E-state index is 2.39. The van der Waals surface area contributed by atoms with E-state index in [4.69, 9.17) is 0 Å². The summed E-state index contributed by atoms with van der Waals surface area (Å²) in [6.45, 7) is 2.21. The standard InChI is InChI=1S/C30H26P.BrH/c1-24-21-25-13-11-12-20-30(25)26(22-24)23-31(27-14-5-2-6-15-27,28-16-7-3-8-17-28)29-18-9-4-10-19-29;/h2-22H,23H2,1H3;1H/q+1;/p-1. The van der Waals surface area contributed by atoms with Crippen molar-refractivity contribution >= 4 is 33.9 Å². The van der Waals surface area contributed by atoms with Crippen molar-refractivity contribution in [2.45, 2.75) is 13.1 Å². The summed E-state index contributed by atoms with van der Waals surface area (Å²) < 4.78 is 0. The zero-order valence-corrected chi connectivity index (χ0v) is 20.6. The molecule has 0 fully saturated rings. The van der Waals surface area contributed by atoms with Gasteiger partial charge in [0.05, 0.1) is 6.16 Å². The molecule has 0 N–H and O–H groups in total. The van der Waals surface area contributed by atoms with Gasteiger partial charge in [0.15, 0.2) is 0 Å². The number of aryl methyl sites for hydroxylation is 1. The first-order valence-corrected chi connectivity index (χ1v) is 12.8. The van der Waals surface area contributed by atoms with Crippen molar-refractivity contribution in [2.24, 2.45) is 0 Å². The monoisotopic (exact) mass is 496 g/mol. The third-order valence-corrected chi connectivity index (χ3v) is 10.4. The molecule has 158 valence electrons. The number of hydrogen-bond donors (Lipinski definition) is 0. The van der Waals surface area contributed by atoms with Gasteiger partial charge in [-0.25, -0.2) is 0 Å². The molecule has 32 heavy (non-hydrogen) atoms. The summed E-state index contributed by atoms with van der Waals surface area (Å²) in [7, 11) is -1.90. The number of fused-ring (bicyclic) bond motifs is 1. The summed E-state index contributed by atoms with van der Waals surface area (Å²) in [4.78, 5) is 0. The first-order valence-electron chi connectivity index (χ1n) is 10.8. The lowest BCUT2D eigenvalue weighted by molar-refractivity contribution is -0.00000602. The Morgan fingerprint density at radius 3 is 1.47 bits per heavy atom. The molecule has 0 aliphatic carbocycles. The Morgan fingerprint density at radius 2 is 0.969 bits per heavy atom. The van der Waals surface area contributed by atoms with E-state index in [2.05, 4.69) is 134 Å². The zero-order chi connectivity index (χ0) is 21.1. The largest absolute Gasteiger partial charge is 1.00 e. The van der Waals surface area contributed by atoms with Gasteiger partial charge in [-0.3, -0.25) is 0 Å². The fraction of sp³-hybridized carbons (Fsp3) is 0.0667. The Balaban J connectivity index is 0.00000245. The number of benzene rings is 5. The zero-order valence-electron chi connectivity index (χ0n) is 18.2. The highest BCUT2D eigenvalue weighted by atomic mass is 79.9. The molecule has 0 unspecified atom stereocenters. The molecule has 0 saturated heterocycles. The van der Waals surface area contributed by atoms with Crippen LogP contribution in [0.3, 0.4) is 0 Å². The van der Waals surface area contributed by atoms with Gasteiger partial charge in [-0.1, -0.05) is 96.6 Å². The molecule has 5 rings (SSSR count). The van der Waals surface area contributed by atoms with E-state index < -0.39 is 7.26 Å². The fourth-order valence-corrected chi connectivity index (χ4v) is 8.97. The molecule has 0 heterocycles. The molecule has 5 aromatic rings. The van der Waals surface area contributed by atoms with Gasteiger partial charge in [-0.2, -0.15) is 0 Å². The van der Waals surface area contributed by atoms with Gasteiger partial charge in [-0.15, -0.1) is 0 Å². The Hall–Kier alpha value is -2.73. The minimum atomic E-state index is -1.90. The highest BCUT2D eigenvalue weighted by Gasteiger charge is 2.45. The van der Waals surface area contributed by atoms with Crippen LogP contribution in [0, 0.1) is 6.92 Å². The minimum Gasteiger partial charge on any atom is -1.00 e. The molecule has 2 heteroatoms. The van der Waals surface area contributed by atoms with E-state index in [0.717, 1.165) is 6.16 Å². The van der Waals surface area contributed by atoms with E-state index in [0.29, 0.717) is 0 Å². The molecule has 0 aromatic heterocycles. The van der Waals surface area contributed by atoms with Crippen LogP contribution in [-0.2, 0) is 6.16 Å². The molecule has 0 aliphatic rings. The fourth-order valence-electron chi connectivity index (χ4n) is 4.71. The average Bonchev–Trinajstić information content (AvgIpc) is 2.84. The lowest BCUT2D eigenvalue weighted by Crippen LogP contribution is -3.00. The van der Waals surface area contributed by atoms with E-state index >= 15 is 0 Å². The summed E-state index contributed by atoms with van der Waals surface area (Å²) in [5.41, 5.74) is 2.75. The quantitative estimate of drug-likeness (QED) is 0.326. The normalized spacial score (nSPS) is 11.2. The van der Waals surface area contributed by atoms with E-state index in [-0.39, 0.29) is 17.0 Å². The average molecular weight is 497 g/mol. The minimum absolute atomic E-state index is 0. The van der Waals surface area contributed by atoms with Crippen molar-refractivity contribution < 1.29 is 17.0 Å². The maximum Gasteiger partial charge on any atom is 0.116 e. The third kappa shape index (κ3) is 4.16. The van der Waals surface area contributed by atoms with Crippen molar-refractivity contribution in [2.75, 3.05) is 0 Å². The molecular weight excluding hydrogens is 471 g/mol. The van der Waals surface area contributed by atoms with Gasteiger partial charge in [-0.05, 0) is 59.7 Å². The van der Waals surface area contributed by atoms with E-state index in [9.17, 15) is 0 Å². The highest BCUT2D eigenvalue weighted by molar-refractivity contribution is 7.95. The number of halogens is 1. The molecular formula is C30H26BrP. The van der Waals surface area contributed by atoms with Crippen molar-refractivity contribution in [3.05, 3.63) is 139 Å². The number of rotatable bonds is 5. The van der Waals surface area contributed by atoms with Crippen molar-refractivity contribution in [1.82, 2.24) is 0 Å². The van der Waals surface area contributed by atoms with Crippen LogP contribution in [0.5, 0.6) is 0 Å². The highest BCUT2D eigenvalue weighted by Crippen LogP contribution is 2.58. The molecule has 0 radical (unpaired) electrons. The Bertz CT molecular complexity index is 1200. The van der Waals surface area contributed by atoms with E-state index in [1.165, 1.54) is 37.8 Å². The molecule has 0 bridgehead atoms. The van der Waals surface area contributed by atoms with Crippen LogP contribution in [0.2, 0.25) is 0 Å². The summed E-state index contributed by atoms with van der Waals surface area (Å²) in [5.74, 6) is 0. The lowest BCUT2D eigenvalue weighted by atomic mass is 10.0. The van der Waals surface area contributed by atoms with Crippen molar-refractivity contribution in [3.8, 4) is 0 Å². The predicted molar refractivity (Wildman–Crippen MR) is 138 cm³/mol. The lowest BCUT2D eigenvalue weighted by Gasteiger charge is -2.28. The van der Waals surface area contributed by atoms with Crippen LogP contribution in [0.25, 0.3) is 10.8 Å². The molecule has 0 atom stereocenters. The molecule has 0 nitrogen and oxygen atoms in total. The Kier molecular flexibility index (Phi) is 6.89. The van der Waals surface area contributed by atoms with E-state index in [1.54, 1.807) is 0 Å². The summed E-state index contributed by atoms with van der Waals surface area (Å²) in [6, 6.07) is 46.9. The van der Waals surface area contributed by atoms with Gasteiger partial charge in [0.1, 0.15) is 23.2 Å². The van der Waals surface area contributed by atoms with E-state index in [1.807, 2.05) is 0 Å². The smallest absolute Gasteiger partial charge is 0.116 e. The maximum atomic E-state index is 2.39. The Labute approximate surface area is 202 Å². The molecule has 0 aliphatic heterocycles. The van der Waals surface area contributed by atoms with Gasteiger partial charge in [0, 0.05) is 0 Å². The van der Waals surface area contributed by atoms with Crippen LogP contribution < -0.4 is 32.9 Å². The second-order valence-corrected chi connectivity index (χ2v) is 11.6. The van der Waals surface area contributed by atoms with Gasteiger partial charge < -0.3 is 17.0 Å². The van der Waals surface area contributed by atoms with Crippen molar-refractivity contribution in [3.63, 3.8) is 0 Å². The predicted octanol–water partition coefficient (Wildman–Crippen LogP) is 3.65. The van der Waals surface area contributed by atoms with Gasteiger partial charge in [0.25, 0.3) is 0 Å². The van der Waals surface area contributed by atoms with Crippen LogP contribution in [0.1, 0.15) is 11.1 Å². The second kappa shape index (κ2) is 9.82. The first-order chi connectivity index (χ1) is 15.3. The SMILES string of the molecule is Cc1cc(C[P+](c2ccccc2)(c2ccccc2)c2ccccc2)c2ccccc2c1.[Br-]. The molecule has 0 amide bonds. The van der Waals surface area contributed by atoms with Crippen LogP contribution >= 0.6 is 7.26 Å². The molecule has 5 aromatic carbocycles. The van der Waals surface area contributed by atoms with Gasteiger partial charge >= 0.3 is 0 Å². The number of hydrogen-bond acceptors (Lipinski definition) is 0. The molecule has 0 spiro atoms. The van der Waals surface area contributed by atoms with Crippen molar-refractivity contribution in [1.29, 1.82) is 0 Å². The van der Waals surface area contributed by atoms with Crippen LogP contribution in [-0.4, -0.2) is 0 Å². The molecule has 0 saturated carbocycles. The summed E-state index contributed by atoms with van der Waals surface area (Å²) >= 11 is 0. The van der Waals surface area contributed by atoms with Crippen LogP contribution in [0.4, 0.5) is 0 Å².